The molecule has 174 valence electrons. The van der Waals surface area contributed by atoms with Gasteiger partial charge in [-0.1, -0.05) is 57.2 Å². The quantitative estimate of drug-likeness (QED) is 0.318. The molecule has 0 saturated carbocycles. The van der Waals surface area contributed by atoms with Gasteiger partial charge in [0.2, 0.25) is 0 Å². The zero-order chi connectivity index (χ0) is 24.3. The second kappa shape index (κ2) is 9.68. The zero-order valence-electron chi connectivity index (χ0n) is 20.6. The number of ketones is 1. The van der Waals surface area contributed by atoms with E-state index in [1.165, 1.54) is 0 Å². The Bertz CT molecular complexity index is 1300. The second-order valence-electron chi connectivity index (χ2n) is 9.99. The van der Waals surface area contributed by atoms with Crippen LogP contribution in [-0.4, -0.2) is 17.9 Å². The largest absolute Gasteiger partial charge is 0.496 e. The summed E-state index contributed by atoms with van der Waals surface area (Å²) in [5.74, 6) is 1.05. The van der Waals surface area contributed by atoms with E-state index in [-0.39, 0.29) is 11.2 Å². The lowest BCUT2D eigenvalue weighted by Crippen LogP contribution is -2.25. The van der Waals surface area contributed by atoms with Crippen LogP contribution in [0.3, 0.4) is 0 Å². The summed E-state index contributed by atoms with van der Waals surface area (Å²) < 4.78 is 5.38. The predicted octanol–water partition coefficient (Wildman–Crippen LogP) is 7.38. The molecule has 0 aliphatic heterocycles. The number of nitrogens with one attached hydrogen (secondary N) is 1. The molecule has 1 N–H and O–H groups in total. The van der Waals surface area contributed by atoms with Gasteiger partial charge in [-0.2, -0.15) is 0 Å². The Morgan fingerprint density at radius 2 is 1.74 bits per heavy atom. The van der Waals surface area contributed by atoms with E-state index in [0.717, 1.165) is 44.5 Å². The lowest BCUT2D eigenvalue weighted by molar-refractivity contribution is -0.121. The topological polar surface area (TPSA) is 51.2 Å². The van der Waals surface area contributed by atoms with E-state index in [9.17, 15) is 4.79 Å². The van der Waals surface area contributed by atoms with E-state index >= 15 is 0 Å². The molecule has 0 amide bonds. The molecule has 4 rings (SSSR count). The first-order valence-corrected chi connectivity index (χ1v) is 11.6. The van der Waals surface area contributed by atoms with Crippen molar-refractivity contribution in [2.24, 2.45) is 5.41 Å². The third-order valence-corrected chi connectivity index (χ3v) is 5.98. The highest BCUT2D eigenvalue weighted by Crippen LogP contribution is 2.33. The number of aryl methyl sites for hydroxylation is 1. The van der Waals surface area contributed by atoms with Gasteiger partial charge in [-0.15, -0.1) is 0 Å². The SMILES string of the molecule is COc1ccc(-c2ccc(NC(C(=O)CC(C)(C)C)c3cccc4cnccc34)cc2)cc1C. The molecular weight excluding hydrogens is 420 g/mol. The molecule has 34 heavy (non-hydrogen) atoms. The van der Waals surface area contributed by atoms with Crippen LogP contribution in [0.5, 0.6) is 5.75 Å². The van der Waals surface area contributed by atoms with Gasteiger partial charge < -0.3 is 10.1 Å². The molecular formula is C30H32N2O2. The first kappa shape index (κ1) is 23.5. The number of aromatic nitrogens is 1. The summed E-state index contributed by atoms with van der Waals surface area (Å²) in [4.78, 5) is 17.7. The van der Waals surface area contributed by atoms with Crippen LogP contribution in [0.2, 0.25) is 0 Å². The minimum atomic E-state index is -0.445. The number of hydrogen-bond acceptors (Lipinski definition) is 4. The molecule has 0 aliphatic carbocycles. The molecule has 0 aliphatic rings. The Morgan fingerprint density at radius 1 is 1.00 bits per heavy atom. The van der Waals surface area contributed by atoms with Crippen LogP contribution in [-0.2, 0) is 4.79 Å². The average molecular weight is 453 g/mol. The maximum absolute atomic E-state index is 13.5. The number of ether oxygens (including phenoxy) is 1. The van der Waals surface area contributed by atoms with Crippen LogP contribution in [0.4, 0.5) is 5.69 Å². The van der Waals surface area contributed by atoms with Crippen molar-refractivity contribution >= 4 is 22.2 Å². The van der Waals surface area contributed by atoms with Crippen LogP contribution in [0.15, 0.2) is 79.1 Å². The third-order valence-electron chi connectivity index (χ3n) is 5.98. The second-order valence-corrected chi connectivity index (χ2v) is 9.99. The number of carbonyl (C=O) groups is 1. The smallest absolute Gasteiger partial charge is 0.160 e. The molecule has 1 heterocycles. The molecule has 3 aromatic carbocycles. The third kappa shape index (κ3) is 5.28. The summed E-state index contributed by atoms with van der Waals surface area (Å²) >= 11 is 0. The van der Waals surface area contributed by atoms with Crippen molar-refractivity contribution in [3.63, 3.8) is 0 Å². The number of methoxy groups -OCH3 is 1. The molecule has 0 spiro atoms. The standard InChI is InChI=1S/C30H32N2O2/c1-20-17-22(11-14-28(20)34-5)21-9-12-24(13-10-21)32-29(27(33)18-30(2,3)4)26-8-6-7-23-19-31-16-15-25(23)26/h6-17,19,29,32H,18H2,1-5H3. The first-order valence-electron chi connectivity index (χ1n) is 11.6. The summed E-state index contributed by atoms with van der Waals surface area (Å²) in [6.45, 7) is 8.34. The van der Waals surface area contributed by atoms with Gasteiger partial charge in [0, 0.05) is 29.9 Å². The molecule has 0 saturated heterocycles. The Kier molecular flexibility index (Phi) is 6.69. The van der Waals surface area contributed by atoms with E-state index in [2.05, 4.69) is 55.3 Å². The number of fused-ring (bicyclic) bond motifs is 1. The van der Waals surface area contributed by atoms with Gasteiger partial charge in [-0.3, -0.25) is 9.78 Å². The van der Waals surface area contributed by atoms with Gasteiger partial charge in [0.1, 0.15) is 11.8 Å². The molecule has 4 heteroatoms. The maximum Gasteiger partial charge on any atom is 0.160 e. The van der Waals surface area contributed by atoms with E-state index in [1.807, 2.05) is 55.6 Å². The molecule has 4 nitrogen and oxygen atoms in total. The van der Waals surface area contributed by atoms with Crippen molar-refractivity contribution < 1.29 is 9.53 Å². The van der Waals surface area contributed by atoms with Crippen LogP contribution in [0.1, 0.15) is 44.4 Å². The van der Waals surface area contributed by atoms with Crippen LogP contribution in [0.25, 0.3) is 21.9 Å². The molecule has 1 atom stereocenters. The highest BCUT2D eigenvalue weighted by atomic mass is 16.5. The summed E-state index contributed by atoms with van der Waals surface area (Å²) in [5, 5.41) is 5.60. The number of hydrogen-bond donors (Lipinski definition) is 1. The van der Waals surface area contributed by atoms with E-state index in [0.29, 0.717) is 6.42 Å². The number of pyridine rings is 1. The number of Topliss-reactive ketones (excluding diaryl/α,β-unsaturated/α-hetero) is 1. The summed E-state index contributed by atoms with van der Waals surface area (Å²) in [5.41, 5.74) is 5.13. The summed E-state index contributed by atoms with van der Waals surface area (Å²) in [6, 6.07) is 22.0. The van der Waals surface area contributed by atoms with Crippen LogP contribution in [0, 0.1) is 12.3 Å². The molecule has 4 aromatic rings. The van der Waals surface area contributed by atoms with Crippen LogP contribution >= 0.6 is 0 Å². The Labute approximate surface area is 202 Å². The van der Waals surface area contributed by atoms with Gasteiger partial charge >= 0.3 is 0 Å². The van der Waals surface area contributed by atoms with Crippen molar-refractivity contribution in [1.82, 2.24) is 4.98 Å². The van der Waals surface area contributed by atoms with Gasteiger partial charge in [0.25, 0.3) is 0 Å². The summed E-state index contributed by atoms with van der Waals surface area (Å²) in [7, 11) is 1.69. The first-order chi connectivity index (χ1) is 16.2. The lowest BCUT2D eigenvalue weighted by atomic mass is 9.85. The fraction of sp³-hybridized carbons (Fsp3) is 0.267. The predicted molar refractivity (Wildman–Crippen MR) is 140 cm³/mol. The molecule has 1 aromatic heterocycles. The lowest BCUT2D eigenvalue weighted by Gasteiger charge is -2.25. The number of rotatable bonds is 7. The van der Waals surface area contributed by atoms with E-state index < -0.39 is 6.04 Å². The summed E-state index contributed by atoms with van der Waals surface area (Å²) in [6.07, 6.45) is 4.11. The maximum atomic E-state index is 13.5. The van der Waals surface area contributed by atoms with Crippen molar-refractivity contribution in [2.45, 2.75) is 40.2 Å². The highest BCUT2D eigenvalue weighted by Gasteiger charge is 2.26. The van der Waals surface area contributed by atoms with Crippen LogP contribution < -0.4 is 10.1 Å². The van der Waals surface area contributed by atoms with Crippen molar-refractivity contribution in [2.75, 3.05) is 12.4 Å². The van der Waals surface area contributed by atoms with E-state index in [1.54, 1.807) is 13.3 Å². The fourth-order valence-electron chi connectivity index (χ4n) is 4.34. The molecule has 0 bridgehead atoms. The number of anilines is 1. The fourth-order valence-corrected chi connectivity index (χ4v) is 4.34. The van der Waals surface area contributed by atoms with Gasteiger partial charge in [0.05, 0.1) is 7.11 Å². The van der Waals surface area contributed by atoms with E-state index in [4.69, 9.17) is 4.74 Å². The normalized spacial score (nSPS) is 12.4. The van der Waals surface area contributed by atoms with Crippen molar-refractivity contribution in [3.05, 3.63) is 90.3 Å². The number of nitrogens with zero attached hydrogens (tertiary/aromatic N) is 1. The Morgan fingerprint density at radius 3 is 2.41 bits per heavy atom. The molecule has 0 fully saturated rings. The molecule has 0 radical (unpaired) electrons. The number of benzene rings is 3. The van der Waals surface area contributed by atoms with Gasteiger partial charge in [0.15, 0.2) is 5.78 Å². The van der Waals surface area contributed by atoms with Crippen molar-refractivity contribution in [3.8, 4) is 16.9 Å². The minimum Gasteiger partial charge on any atom is -0.496 e. The zero-order valence-corrected chi connectivity index (χ0v) is 20.6. The van der Waals surface area contributed by atoms with Gasteiger partial charge in [-0.05, 0) is 70.3 Å². The average Bonchev–Trinajstić information content (AvgIpc) is 2.81. The molecule has 1 unspecified atom stereocenters. The monoisotopic (exact) mass is 452 g/mol. The number of carbonyl (C=O) groups excluding carboxylic acids is 1. The Balaban J connectivity index is 1.66. The van der Waals surface area contributed by atoms with Crippen molar-refractivity contribution in [1.29, 1.82) is 0 Å². The Hall–Kier alpha value is -3.66. The highest BCUT2D eigenvalue weighted by molar-refractivity contribution is 5.95. The minimum absolute atomic E-state index is 0.0980. The van der Waals surface area contributed by atoms with Gasteiger partial charge in [-0.25, -0.2) is 0 Å².